The first-order valence-electron chi connectivity index (χ1n) is 6.11. The number of amides is 1. The fourth-order valence-electron chi connectivity index (χ4n) is 1.80. The second-order valence-corrected chi connectivity index (χ2v) is 6.62. The molecule has 0 bridgehead atoms. The fourth-order valence-corrected chi connectivity index (χ4v) is 2.34. The van der Waals surface area contributed by atoms with Gasteiger partial charge in [-0.15, -0.1) is 0 Å². The number of nitrogens with one attached hydrogen (secondary N) is 1. The summed E-state index contributed by atoms with van der Waals surface area (Å²) in [5, 5.41) is 7.17. The molecule has 1 N–H and O–H groups in total. The van der Waals surface area contributed by atoms with Gasteiger partial charge in [0, 0.05) is 0 Å². The van der Waals surface area contributed by atoms with Crippen LogP contribution in [-0.2, 0) is 11.3 Å². The number of alkyl carbamates (subject to hydrolysis) is 1. The van der Waals surface area contributed by atoms with E-state index in [0.717, 1.165) is 15.1 Å². The van der Waals surface area contributed by atoms with Gasteiger partial charge >= 0.3 is 6.09 Å². The van der Waals surface area contributed by atoms with Crippen LogP contribution < -0.4 is 10.1 Å². The number of carbonyl (C=O) groups is 1. The molecule has 1 aromatic heterocycles. The zero-order valence-electron chi connectivity index (χ0n) is 11.5. The lowest BCUT2D eigenvalue weighted by molar-refractivity contribution is 0.0460. The smallest absolute Gasteiger partial charge is 0.408 e. The van der Waals surface area contributed by atoms with Crippen LogP contribution in [0.2, 0.25) is 0 Å². The Morgan fingerprint density at radius 1 is 1.58 bits per heavy atom. The van der Waals surface area contributed by atoms with E-state index in [1.165, 1.54) is 0 Å². The zero-order valence-corrected chi connectivity index (χ0v) is 13.6. The molecule has 0 saturated heterocycles. The van der Waals surface area contributed by atoms with E-state index in [1.807, 2.05) is 27.7 Å². The summed E-state index contributed by atoms with van der Waals surface area (Å²) < 4.78 is 13.7. The molecule has 7 heteroatoms. The van der Waals surface area contributed by atoms with E-state index in [4.69, 9.17) is 9.47 Å². The second-order valence-electron chi connectivity index (χ2n) is 5.54. The Balaban J connectivity index is 1.97. The molecule has 1 aromatic rings. The molecule has 1 unspecified atom stereocenters. The quantitative estimate of drug-likeness (QED) is 0.759. The van der Waals surface area contributed by atoms with Gasteiger partial charge in [0.25, 0.3) is 0 Å². The molecule has 0 spiro atoms. The molecule has 6 nitrogen and oxygen atoms in total. The highest BCUT2D eigenvalue weighted by atomic mass is 127. The number of carbonyl (C=O) groups excluding carboxylic acids is 1. The predicted molar refractivity (Wildman–Crippen MR) is 78.3 cm³/mol. The lowest BCUT2D eigenvalue weighted by Crippen LogP contribution is -2.46. The molecular formula is C12H18IN3O3. The van der Waals surface area contributed by atoms with E-state index < -0.39 is 11.7 Å². The topological polar surface area (TPSA) is 65.4 Å². The first-order chi connectivity index (χ1) is 8.76. The molecule has 0 saturated carbocycles. The molecule has 1 aliphatic rings. The van der Waals surface area contributed by atoms with Crippen molar-refractivity contribution in [2.75, 3.05) is 6.61 Å². The number of nitrogens with zero attached hydrogens (tertiary/aromatic N) is 2. The molecule has 1 atom stereocenters. The molecule has 19 heavy (non-hydrogen) atoms. The summed E-state index contributed by atoms with van der Waals surface area (Å²) in [6.45, 7) is 8.47. The van der Waals surface area contributed by atoms with Gasteiger partial charge in [-0.3, -0.25) is 0 Å². The third kappa shape index (κ3) is 3.52. The molecule has 0 aromatic carbocycles. The van der Waals surface area contributed by atoms with Crippen LogP contribution in [0.15, 0.2) is 0 Å². The monoisotopic (exact) mass is 379 g/mol. The molecule has 1 amide bonds. The number of fused-ring (bicyclic) bond motifs is 1. The lowest BCUT2D eigenvalue weighted by atomic mass is 10.2. The maximum atomic E-state index is 11.7. The van der Waals surface area contributed by atoms with Crippen molar-refractivity contribution in [1.82, 2.24) is 15.1 Å². The number of aromatic nitrogens is 2. The highest BCUT2D eigenvalue weighted by Crippen LogP contribution is 2.26. The molecule has 1 aliphatic heterocycles. The SMILES string of the molecule is Cc1nn2c(c1I)OCC(NC(=O)OC(C)(C)C)C2. The van der Waals surface area contributed by atoms with Gasteiger partial charge in [-0.05, 0) is 50.3 Å². The van der Waals surface area contributed by atoms with E-state index in [1.54, 1.807) is 4.68 Å². The first kappa shape index (κ1) is 14.4. The minimum absolute atomic E-state index is 0.127. The van der Waals surface area contributed by atoms with E-state index in [2.05, 4.69) is 33.0 Å². The average Bonchev–Trinajstić information content (AvgIpc) is 2.51. The van der Waals surface area contributed by atoms with Crippen molar-refractivity contribution in [3.8, 4) is 5.88 Å². The summed E-state index contributed by atoms with van der Waals surface area (Å²) in [6, 6.07) is -0.127. The van der Waals surface area contributed by atoms with E-state index >= 15 is 0 Å². The van der Waals surface area contributed by atoms with Crippen LogP contribution in [0.4, 0.5) is 4.79 Å². The number of hydrogen-bond donors (Lipinski definition) is 1. The summed E-state index contributed by atoms with van der Waals surface area (Å²) in [5.74, 6) is 0.778. The van der Waals surface area contributed by atoms with Crippen LogP contribution in [0, 0.1) is 10.5 Å². The number of ether oxygens (including phenoxy) is 2. The van der Waals surface area contributed by atoms with Crippen molar-refractivity contribution in [3.05, 3.63) is 9.26 Å². The Kier molecular flexibility index (Phi) is 3.93. The van der Waals surface area contributed by atoms with Crippen LogP contribution in [-0.4, -0.2) is 34.1 Å². The third-order valence-corrected chi connectivity index (χ3v) is 3.79. The van der Waals surface area contributed by atoms with E-state index in [0.29, 0.717) is 13.2 Å². The van der Waals surface area contributed by atoms with Crippen LogP contribution in [0.5, 0.6) is 5.88 Å². The maximum Gasteiger partial charge on any atom is 0.408 e. The zero-order chi connectivity index (χ0) is 14.2. The van der Waals surface area contributed by atoms with Crippen molar-refractivity contribution in [2.45, 2.75) is 45.9 Å². The van der Waals surface area contributed by atoms with Crippen molar-refractivity contribution in [3.63, 3.8) is 0 Å². The number of hydrogen-bond acceptors (Lipinski definition) is 4. The minimum atomic E-state index is -0.498. The molecular weight excluding hydrogens is 361 g/mol. The number of halogens is 1. The van der Waals surface area contributed by atoms with Crippen LogP contribution in [0.1, 0.15) is 26.5 Å². The summed E-state index contributed by atoms with van der Waals surface area (Å²) in [7, 11) is 0. The van der Waals surface area contributed by atoms with Gasteiger partial charge in [-0.1, -0.05) is 0 Å². The number of rotatable bonds is 1. The van der Waals surface area contributed by atoms with Gasteiger partial charge in [-0.25, -0.2) is 9.48 Å². The molecule has 2 rings (SSSR count). The van der Waals surface area contributed by atoms with Gasteiger partial charge in [-0.2, -0.15) is 5.10 Å². The van der Waals surface area contributed by atoms with Gasteiger partial charge in [0.05, 0.1) is 21.9 Å². The molecule has 2 heterocycles. The Bertz CT molecular complexity index is 493. The van der Waals surface area contributed by atoms with Crippen LogP contribution >= 0.6 is 22.6 Å². The van der Waals surface area contributed by atoms with Crippen LogP contribution in [0.25, 0.3) is 0 Å². The highest BCUT2D eigenvalue weighted by molar-refractivity contribution is 14.1. The number of aryl methyl sites for hydroxylation is 1. The molecule has 0 radical (unpaired) electrons. The summed E-state index contributed by atoms with van der Waals surface area (Å²) in [6.07, 6.45) is -0.428. The highest BCUT2D eigenvalue weighted by Gasteiger charge is 2.27. The Morgan fingerprint density at radius 2 is 2.26 bits per heavy atom. The largest absolute Gasteiger partial charge is 0.475 e. The fraction of sp³-hybridized carbons (Fsp3) is 0.667. The maximum absolute atomic E-state index is 11.7. The summed E-state index contributed by atoms with van der Waals surface area (Å²) in [4.78, 5) is 11.7. The molecule has 106 valence electrons. The van der Waals surface area contributed by atoms with Gasteiger partial charge in [0.15, 0.2) is 0 Å². The summed E-state index contributed by atoms with van der Waals surface area (Å²) >= 11 is 2.21. The van der Waals surface area contributed by atoms with E-state index in [9.17, 15) is 4.79 Å². The lowest BCUT2D eigenvalue weighted by Gasteiger charge is -2.27. The molecule has 0 fully saturated rings. The van der Waals surface area contributed by atoms with Gasteiger partial charge in [0.1, 0.15) is 12.2 Å². The van der Waals surface area contributed by atoms with Crippen molar-refractivity contribution >= 4 is 28.7 Å². The molecule has 0 aliphatic carbocycles. The first-order valence-corrected chi connectivity index (χ1v) is 7.19. The van der Waals surface area contributed by atoms with Crippen molar-refractivity contribution < 1.29 is 14.3 Å². The summed E-state index contributed by atoms with van der Waals surface area (Å²) in [5.41, 5.74) is 0.441. The van der Waals surface area contributed by atoms with Crippen molar-refractivity contribution in [1.29, 1.82) is 0 Å². The second kappa shape index (κ2) is 5.18. The predicted octanol–water partition coefficient (Wildman–Crippen LogP) is 2.08. The minimum Gasteiger partial charge on any atom is -0.475 e. The third-order valence-electron chi connectivity index (χ3n) is 2.55. The Hall–Kier alpha value is -0.990. The standard InChI is InChI=1S/C12H18IN3O3/c1-7-9(13)10-16(15-7)5-8(6-18-10)14-11(17)19-12(2,3)4/h8H,5-6H2,1-4H3,(H,14,17). The van der Waals surface area contributed by atoms with Crippen LogP contribution in [0.3, 0.4) is 0 Å². The normalized spacial score (nSPS) is 18.5. The van der Waals surface area contributed by atoms with Gasteiger partial charge < -0.3 is 14.8 Å². The Labute approximate surface area is 126 Å². The Morgan fingerprint density at radius 3 is 2.89 bits per heavy atom. The van der Waals surface area contributed by atoms with Gasteiger partial charge in [0.2, 0.25) is 5.88 Å². The average molecular weight is 379 g/mol. The van der Waals surface area contributed by atoms with Crippen molar-refractivity contribution in [2.24, 2.45) is 0 Å². The van der Waals surface area contributed by atoms with E-state index in [-0.39, 0.29) is 6.04 Å².